The Labute approximate surface area is 163 Å². The van der Waals surface area contributed by atoms with E-state index < -0.39 is 0 Å². The third-order valence-corrected chi connectivity index (χ3v) is 5.26. The minimum absolute atomic E-state index is 0.00661. The van der Waals surface area contributed by atoms with Gasteiger partial charge in [0.15, 0.2) is 0 Å². The number of likely N-dealkylation sites (N-methyl/N-ethyl adjacent to an activating group) is 1. The second kappa shape index (κ2) is 8.99. The number of hydrogen-bond donors (Lipinski definition) is 1. The van der Waals surface area contributed by atoms with Crippen LogP contribution in [0.5, 0.6) is 0 Å². The molecule has 0 aliphatic heterocycles. The highest BCUT2D eigenvalue weighted by Crippen LogP contribution is 2.23. The summed E-state index contributed by atoms with van der Waals surface area (Å²) >= 11 is 7.52. The smallest absolute Gasteiger partial charge is 0.234 e. The van der Waals surface area contributed by atoms with Gasteiger partial charge in [0.2, 0.25) is 5.91 Å². The maximum absolute atomic E-state index is 12.6. The average Bonchev–Trinajstić information content (AvgIpc) is 3.05. The molecule has 0 bridgehead atoms. The largest absolute Gasteiger partial charge is 0.344 e. The van der Waals surface area contributed by atoms with Crippen LogP contribution >= 0.6 is 22.9 Å². The summed E-state index contributed by atoms with van der Waals surface area (Å²) in [6.45, 7) is 1.03. The summed E-state index contributed by atoms with van der Waals surface area (Å²) in [7, 11) is 1.94. The number of carbonyl (C=O) groups is 1. The molecule has 0 saturated heterocycles. The van der Waals surface area contributed by atoms with Crippen LogP contribution in [0.15, 0.2) is 72.8 Å². The predicted molar refractivity (Wildman–Crippen MR) is 109 cm³/mol. The highest BCUT2D eigenvalue weighted by atomic mass is 35.5. The molecule has 0 radical (unpaired) electrons. The number of benzene rings is 2. The minimum Gasteiger partial charge on any atom is -0.344 e. The van der Waals surface area contributed by atoms with E-state index in [9.17, 15) is 4.79 Å². The lowest BCUT2D eigenvalue weighted by Gasteiger charge is -2.22. The Balaban J connectivity index is 1.67. The van der Waals surface area contributed by atoms with E-state index in [-0.39, 0.29) is 11.9 Å². The Hall–Kier alpha value is -2.14. The molecule has 5 heteroatoms. The Morgan fingerprint density at radius 1 is 1.00 bits per heavy atom. The molecule has 0 aliphatic rings. The van der Waals surface area contributed by atoms with Crippen LogP contribution in [0.1, 0.15) is 22.0 Å². The molecule has 0 atom stereocenters. The Bertz CT molecular complexity index is 796. The summed E-state index contributed by atoms with van der Waals surface area (Å²) in [6.07, 6.45) is 0. The number of thiophene rings is 1. The molecule has 0 fully saturated rings. The van der Waals surface area contributed by atoms with Crippen molar-refractivity contribution in [1.82, 2.24) is 10.2 Å². The first-order chi connectivity index (χ1) is 12.6. The summed E-state index contributed by atoms with van der Waals surface area (Å²) in [5.74, 6) is -0.00661. The highest BCUT2D eigenvalue weighted by molar-refractivity contribution is 7.16. The van der Waals surface area contributed by atoms with E-state index >= 15 is 0 Å². The number of hydrogen-bond acceptors (Lipinski definition) is 3. The monoisotopic (exact) mass is 384 g/mol. The van der Waals surface area contributed by atoms with Crippen molar-refractivity contribution < 1.29 is 4.79 Å². The maximum Gasteiger partial charge on any atom is 0.234 e. The van der Waals surface area contributed by atoms with Gasteiger partial charge in [-0.3, -0.25) is 9.69 Å². The Kier molecular flexibility index (Phi) is 6.45. The van der Waals surface area contributed by atoms with Gasteiger partial charge < -0.3 is 5.32 Å². The van der Waals surface area contributed by atoms with Crippen molar-refractivity contribution in [2.24, 2.45) is 0 Å². The molecule has 0 saturated carbocycles. The molecular weight excluding hydrogens is 364 g/mol. The van der Waals surface area contributed by atoms with Crippen LogP contribution in [0.4, 0.5) is 0 Å². The fraction of sp³-hybridized carbons (Fsp3) is 0.190. The number of nitrogens with zero attached hydrogens (tertiary/aromatic N) is 1. The zero-order valence-electron chi connectivity index (χ0n) is 14.6. The lowest BCUT2D eigenvalue weighted by molar-refractivity contribution is -0.122. The third-order valence-electron chi connectivity index (χ3n) is 4.04. The van der Waals surface area contributed by atoms with Crippen LogP contribution in [0.25, 0.3) is 0 Å². The summed E-state index contributed by atoms with van der Waals surface area (Å²) in [6, 6.07) is 23.8. The van der Waals surface area contributed by atoms with Gasteiger partial charge in [-0.1, -0.05) is 72.3 Å². The van der Waals surface area contributed by atoms with Crippen molar-refractivity contribution in [3.8, 4) is 0 Å². The van der Waals surface area contributed by atoms with Gasteiger partial charge >= 0.3 is 0 Å². The summed E-state index contributed by atoms with van der Waals surface area (Å²) < 4.78 is 0.770. The van der Waals surface area contributed by atoms with Crippen molar-refractivity contribution in [2.45, 2.75) is 12.6 Å². The van der Waals surface area contributed by atoms with Crippen molar-refractivity contribution >= 4 is 28.8 Å². The fourth-order valence-corrected chi connectivity index (χ4v) is 4.03. The normalized spacial score (nSPS) is 11.1. The first kappa shape index (κ1) is 18.6. The molecule has 3 rings (SSSR count). The fourth-order valence-electron chi connectivity index (χ4n) is 2.86. The third kappa shape index (κ3) is 5.18. The molecule has 0 spiro atoms. The van der Waals surface area contributed by atoms with E-state index in [2.05, 4.69) is 5.32 Å². The average molecular weight is 385 g/mol. The van der Waals surface area contributed by atoms with Gasteiger partial charge in [-0.15, -0.1) is 11.3 Å². The SMILES string of the molecule is CN(CC(=O)NC(c1ccccc1)c1ccccc1)Cc1ccc(Cl)s1. The van der Waals surface area contributed by atoms with Crippen LogP contribution < -0.4 is 5.32 Å². The van der Waals surface area contributed by atoms with Crippen LogP contribution in [0.3, 0.4) is 0 Å². The molecule has 1 heterocycles. The summed E-state index contributed by atoms with van der Waals surface area (Å²) in [4.78, 5) is 15.8. The van der Waals surface area contributed by atoms with Crippen LogP contribution in [-0.4, -0.2) is 24.4 Å². The highest BCUT2D eigenvalue weighted by Gasteiger charge is 2.17. The molecule has 2 aromatic carbocycles. The van der Waals surface area contributed by atoms with Gasteiger partial charge in [0.25, 0.3) is 0 Å². The molecule has 26 heavy (non-hydrogen) atoms. The molecule has 134 valence electrons. The lowest BCUT2D eigenvalue weighted by atomic mass is 9.99. The van der Waals surface area contributed by atoms with Gasteiger partial charge in [0.1, 0.15) is 0 Å². The summed E-state index contributed by atoms with van der Waals surface area (Å²) in [5.41, 5.74) is 2.14. The predicted octanol–water partition coefficient (Wildman–Crippen LogP) is 4.74. The van der Waals surface area contributed by atoms with Crippen LogP contribution in [0.2, 0.25) is 4.34 Å². The van der Waals surface area contributed by atoms with Gasteiger partial charge in [-0.25, -0.2) is 0 Å². The van der Waals surface area contributed by atoms with E-state index in [1.165, 1.54) is 0 Å². The molecule has 0 aliphatic carbocycles. The number of nitrogens with one attached hydrogen (secondary N) is 1. The van der Waals surface area contributed by atoms with E-state index in [0.717, 1.165) is 20.3 Å². The molecule has 1 aromatic heterocycles. The molecule has 3 nitrogen and oxygen atoms in total. The van der Waals surface area contributed by atoms with Crippen molar-refractivity contribution in [2.75, 3.05) is 13.6 Å². The number of amides is 1. The standard InChI is InChI=1S/C21H21ClN2OS/c1-24(14-18-12-13-19(22)26-18)15-20(25)23-21(16-8-4-2-5-9-16)17-10-6-3-7-11-17/h2-13,21H,14-15H2,1H3,(H,23,25). The van der Waals surface area contributed by atoms with E-state index in [1.807, 2.05) is 84.7 Å². The summed E-state index contributed by atoms with van der Waals surface area (Å²) in [5, 5.41) is 3.17. The van der Waals surface area contributed by atoms with E-state index in [4.69, 9.17) is 11.6 Å². The molecule has 1 N–H and O–H groups in total. The van der Waals surface area contributed by atoms with Crippen LogP contribution in [-0.2, 0) is 11.3 Å². The van der Waals surface area contributed by atoms with Gasteiger partial charge in [0, 0.05) is 11.4 Å². The van der Waals surface area contributed by atoms with Crippen molar-refractivity contribution in [3.05, 3.63) is 93.1 Å². The second-order valence-corrected chi connectivity index (χ2v) is 8.00. The second-order valence-electron chi connectivity index (χ2n) is 6.20. The molecule has 0 unspecified atom stereocenters. The minimum atomic E-state index is -0.158. The molecular formula is C21H21ClN2OS. The number of halogens is 1. The van der Waals surface area contributed by atoms with Gasteiger partial charge in [-0.2, -0.15) is 0 Å². The maximum atomic E-state index is 12.6. The van der Waals surface area contributed by atoms with Crippen molar-refractivity contribution in [1.29, 1.82) is 0 Å². The first-order valence-electron chi connectivity index (χ1n) is 8.44. The van der Waals surface area contributed by atoms with Crippen molar-refractivity contribution in [3.63, 3.8) is 0 Å². The van der Waals surface area contributed by atoms with Gasteiger partial charge in [-0.05, 0) is 30.3 Å². The zero-order valence-corrected chi connectivity index (χ0v) is 16.1. The molecule has 1 amide bonds. The quantitative estimate of drug-likeness (QED) is 0.638. The van der Waals surface area contributed by atoms with Crippen LogP contribution in [0, 0.1) is 0 Å². The molecule has 3 aromatic rings. The lowest BCUT2D eigenvalue weighted by Crippen LogP contribution is -2.37. The van der Waals surface area contributed by atoms with E-state index in [1.54, 1.807) is 11.3 Å². The van der Waals surface area contributed by atoms with Gasteiger partial charge in [0.05, 0.1) is 16.9 Å². The zero-order chi connectivity index (χ0) is 18.4. The number of rotatable bonds is 7. The first-order valence-corrected chi connectivity index (χ1v) is 9.63. The Morgan fingerprint density at radius 3 is 2.08 bits per heavy atom. The Morgan fingerprint density at radius 2 is 1.58 bits per heavy atom. The number of carbonyl (C=O) groups excluding carboxylic acids is 1. The van der Waals surface area contributed by atoms with E-state index in [0.29, 0.717) is 13.1 Å². The topological polar surface area (TPSA) is 32.3 Å².